The Hall–Kier alpha value is -1.31. The van der Waals surface area contributed by atoms with Crippen LogP contribution in [0.1, 0.15) is 32.1 Å². The van der Waals surface area contributed by atoms with Gasteiger partial charge in [-0.1, -0.05) is 6.42 Å². The number of piperidine rings is 1. The van der Waals surface area contributed by atoms with E-state index >= 15 is 0 Å². The largest absolute Gasteiger partial charge is 0.493 e. The lowest BCUT2D eigenvalue weighted by molar-refractivity contribution is 0.0127. The molecule has 0 amide bonds. The zero-order valence-corrected chi connectivity index (χ0v) is 15.0. The third-order valence-electron chi connectivity index (χ3n) is 5.43. The summed E-state index contributed by atoms with van der Waals surface area (Å²) in [4.78, 5) is 0.199. The molecule has 0 radical (unpaired) electrons. The van der Waals surface area contributed by atoms with Gasteiger partial charge in [-0.05, 0) is 37.8 Å². The summed E-state index contributed by atoms with van der Waals surface area (Å²) < 4.78 is 38.0. The fourth-order valence-electron chi connectivity index (χ4n) is 4.04. The molecular formula is C17H25NO5S. The van der Waals surface area contributed by atoms with Gasteiger partial charge in [0.15, 0.2) is 11.5 Å². The van der Waals surface area contributed by atoms with Gasteiger partial charge in [0.1, 0.15) is 0 Å². The van der Waals surface area contributed by atoms with E-state index in [0.717, 1.165) is 32.1 Å². The molecule has 1 saturated heterocycles. The van der Waals surface area contributed by atoms with Crippen LogP contribution >= 0.6 is 0 Å². The summed E-state index contributed by atoms with van der Waals surface area (Å²) in [6.07, 6.45) is 3.90. The van der Waals surface area contributed by atoms with E-state index < -0.39 is 16.1 Å². The molecular weight excluding hydrogens is 330 g/mol. The molecule has 1 saturated carbocycles. The molecule has 0 bridgehead atoms. The molecule has 134 valence electrons. The maximum absolute atomic E-state index is 13.0. The Bertz CT molecular complexity index is 705. The molecule has 6 nitrogen and oxygen atoms in total. The highest BCUT2D eigenvalue weighted by Crippen LogP contribution is 2.46. The summed E-state index contributed by atoms with van der Waals surface area (Å²) >= 11 is 0. The van der Waals surface area contributed by atoms with E-state index in [1.807, 2.05) is 0 Å². The maximum atomic E-state index is 13.0. The van der Waals surface area contributed by atoms with Gasteiger partial charge in [-0.3, -0.25) is 0 Å². The standard InChI is InChI=1S/C17H25NO5S/c1-22-14-7-6-13(11-15(14)23-2)24(20,21)18-10-4-9-17(12-18)8-3-5-16(17)19/h6-7,11,16,19H,3-5,8-10,12H2,1-2H3/t16-,17+/m1/s1. The second-order valence-corrected chi connectivity index (χ2v) is 8.67. The Morgan fingerprint density at radius 2 is 1.88 bits per heavy atom. The molecule has 1 N–H and O–H groups in total. The van der Waals surface area contributed by atoms with Crippen molar-refractivity contribution >= 4 is 10.0 Å². The van der Waals surface area contributed by atoms with E-state index in [0.29, 0.717) is 24.6 Å². The van der Waals surface area contributed by atoms with Crippen molar-refractivity contribution in [1.82, 2.24) is 4.31 Å². The highest BCUT2D eigenvalue weighted by atomic mass is 32.2. The van der Waals surface area contributed by atoms with E-state index in [1.165, 1.54) is 24.6 Å². The normalized spacial score (nSPS) is 28.2. The minimum absolute atomic E-state index is 0.199. The van der Waals surface area contributed by atoms with Gasteiger partial charge in [-0.15, -0.1) is 0 Å². The fraction of sp³-hybridized carbons (Fsp3) is 0.647. The van der Waals surface area contributed by atoms with Crippen LogP contribution in [-0.2, 0) is 10.0 Å². The lowest BCUT2D eigenvalue weighted by Gasteiger charge is -2.41. The summed E-state index contributed by atoms with van der Waals surface area (Å²) in [5.41, 5.74) is -0.276. The van der Waals surface area contributed by atoms with Crippen molar-refractivity contribution in [3.63, 3.8) is 0 Å². The molecule has 2 aliphatic rings. The zero-order chi connectivity index (χ0) is 17.4. The van der Waals surface area contributed by atoms with Crippen molar-refractivity contribution < 1.29 is 23.0 Å². The first-order valence-electron chi connectivity index (χ1n) is 8.33. The number of aliphatic hydroxyl groups is 1. The number of ether oxygens (including phenoxy) is 2. The van der Waals surface area contributed by atoms with Gasteiger partial charge in [0.25, 0.3) is 0 Å². The lowest BCUT2D eigenvalue weighted by Crippen LogP contribution is -2.49. The van der Waals surface area contributed by atoms with E-state index in [4.69, 9.17) is 9.47 Å². The molecule has 1 aliphatic heterocycles. The van der Waals surface area contributed by atoms with Gasteiger partial charge in [-0.2, -0.15) is 4.31 Å². The van der Waals surface area contributed by atoms with Crippen LogP contribution in [0.2, 0.25) is 0 Å². The van der Waals surface area contributed by atoms with Gasteiger partial charge in [0, 0.05) is 24.6 Å². The number of methoxy groups -OCH3 is 2. The van der Waals surface area contributed by atoms with E-state index in [9.17, 15) is 13.5 Å². The first-order valence-corrected chi connectivity index (χ1v) is 9.77. The summed E-state index contributed by atoms with van der Waals surface area (Å²) in [5.74, 6) is 0.893. The van der Waals surface area contributed by atoms with Gasteiger partial charge in [0.2, 0.25) is 10.0 Å². The second kappa shape index (κ2) is 6.54. The molecule has 2 fully saturated rings. The van der Waals surface area contributed by atoms with Crippen LogP contribution in [0.25, 0.3) is 0 Å². The van der Waals surface area contributed by atoms with Crippen LogP contribution in [-0.4, -0.2) is 51.2 Å². The second-order valence-electron chi connectivity index (χ2n) is 6.73. The Morgan fingerprint density at radius 3 is 2.50 bits per heavy atom. The Morgan fingerprint density at radius 1 is 1.17 bits per heavy atom. The molecule has 1 aromatic rings. The maximum Gasteiger partial charge on any atom is 0.243 e. The molecule has 1 aliphatic carbocycles. The van der Waals surface area contributed by atoms with E-state index in [2.05, 4.69) is 0 Å². The van der Waals surface area contributed by atoms with E-state index in [1.54, 1.807) is 12.1 Å². The Labute approximate surface area is 143 Å². The highest BCUT2D eigenvalue weighted by Gasteiger charge is 2.47. The fourth-order valence-corrected chi connectivity index (χ4v) is 5.63. The Kier molecular flexibility index (Phi) is 4.77. The quantitative estimate of drug-likeness (QED) is 0.894. The smallest absolute Gasteiger partial charge is 0.243 e. The molecule has 1 heterocycles. The average Bonchev–Trinajstić information content (AvgIpc) is 2.94. The number of aliphatic hydroxyl groups excluding tert-OH is 1. The minimum atomic E-state index is -3.62. The van der Waals surface area contributed by atoms with Crippen molar-refractivity contribution in [2.24, 2.45) is 5.41 Å². The molecule has 24 heavy (non-hydrogen) atoms. The van der Waals surface area contributed by atoms with Gasteiger partial charge in [-0.25, -0.2) is 8.42 Å². The third-order valence-corrected chi connectivity index (χ3v) is 7.27. The average molecular weight is 355 g/mol. The predicted molar refractivity (Wildman–Crippen MR) is 89.8 cm³/mol. The van der Waals surface area contributed by atoms with E-state index in [-0.39, 0.29) is 10.3 Å². The predicted octanol–water partition coefficient (Wildman–Crippen LogP) is 2.02. The summed E-state index contributed by atoms with van der Waals surface area (Å²) in [7, 11) is -0.619. The molecule has 0 aromatic heterocycles. The number of sulfonamides is 1. The molecule has 0 unspecified atom stereocenters. The number of benzene rings is 1. The topological polar surface area (TPSA) is 76.1 Å². The first kappa shape index (κ1) is 17.5. The highest BCUT2D eigenvalue weighted by molar-refractivity contribution is 7.89. The third kappa shape index (κ3) is 2.89. The van der Waals surface area contributed by atoms with Crippen molar-refractivity contribution in [2.75, 3.05) is 27.3 Å². The monoisotopic (exact) mass is 355 g/mol. The van der Waals surface area contributed by atoms with Crippen LogP contribution in [0.3, 0.4) is 0 Å². The molecule has 1 spiro atoms. The van der Waals surface area contributed by atoms with Crippen molar-refractivity contribution in [1.29, 1.82) is 0 Å². The van der Waals surface area contributed by atoms with Crippen molar-refractivity contribution in [3.05, 3.63) is 18.2 Å². The Balaban J connectivity index is 1.90. The van der Waals surface area contributed by atoms with Crippen molar-refractivity contribution in [3.8, 4) is 11.5 Å². The number of hydrogen-bond donors (Lipinski definition) is 1. The molecule has 3 rings (SSSR count). The number of hydrogen-bond acceptors (Lipinski definition) is 5. The summed E-state index contributed by atoms with van der Waals surface area (Å²) in [6.45, 7) is 0.885. The van der Waals surface area contributed by atoms with Crippen LogP contribution in [0.15, 0.2) is 23.1 Å². The number of nitrogens with zero attached hydrogens (tertiary/aromatic N) is 1. The van der Waals surface area contributed by atoms with Gasteiger partial charge in [0.05, 0.1) is 25.2 Å². The van der Waals surface area contributed by atoms with Crippen LogP contribution < -0.4 is 9.47 Å². The first-order chi connectivity index (χ1) is 11.4. The molecule has 7 heteroatoms. The van der Waals surface area contributed by atoms with Crippen LogP contribution in [0.5, 0.6) is 11.5 Å². The lowest BCUT2D eigenvalue weighted by atomic mass is 9.77. The van der Waals surface area contributed by atoms with Crippen molar-refractivity contribution in [2.45, 2.75) is 43.1 Å². The molecule has 1 aromatic carbocycles. The van der Waals surface area contributed by atoms with Crippen LogP contribution in [0, 0.1) is 5.41 Å². The molecule has 2 atom stereocenters. The van der Waals surface area contributed by atoms with Gasteiger partial charge < -0.3 is 14.6 Å². The summed E-state index contributed by atoms with van der Waals surface area (Å²) in [6, 6.07) is 4.65. The summed E-state index contributed by atoms with van der Waals surface area (Å²) in [5, 5.41) is 10.4. The minimum Gasteiger partial charge on any atom is -0.493 e. The van der Waals surface area contributed by atoms with Crippen LogP contribution in [0.4, 0.5) is 0 Å². The number of rotatable bonds is 4. The zero-order valence-electron chi connectivity index (χ0n) is 14.2. The van der Waals surface area contributed by atoms with Gasteiger partial charge >= 0.3 is 0 Å². The SMILES string of the molecule is COc1ccc(S(=O)(=O)N2CCC[C@@]3(CCC[C@H]3O)C2)cc1OC.